The van der Waals surface area contributed by atoms with E-state index in [1.807, 2.05) is 38.3 Å². The van der Waals surface area contributed by atoms with Crippen LogP contribution in [0.1, 0.15) is 54.1 Å². The number of nitrogens with one attached hydrogen (secondary N) is 1. The highest BCUT2D eigenvalue weighted by molar-refractivity contribution is 6.32. The molecule has 1 spiro atoms. The smallest absolute Gasteiger partial charge is 0.280 e. The molecule has 2 amide bonds. The average Bonchev–Trinajstić information content (AvgIpc) is 3.54. The lowest BCUT2D eigenvalue weighted by Gasteiger charge is -2.36. The van der Waals surface area contributed by atoms with Crippen LogP contribution in [0.25, 0.3) is 11.4 Å². The molecule has 11 heteroatoms. The molecular weight excluding hydrogens is 565 g/mol. The maximum Gasteiger partial charge on any atom is 0.280 e. The van der Waals surface area contributed by atoms with Gasteiger partial charge in [0.05, 0.1) is 30.7 Å². The van der Waals surface area contributed by atoms with Gasteiger partial charge in [-0.05, 0) is 63.6 Å². The first kappa shape index (κ1) is 27.1. The van der Waals surface area contributed by atoms with Crippen LogP contribution in [-0.4, -0.2) is 40.1 Å². The highest BCUT2D eigenvalue weighted by Crippen LogP contribution is 2.55. The Hall–Kier alpha value is -4.08. The molecule has 1 N–H and O–H groups in total. The van der Waals surface area contributed by atoms with Crippen LogP contribution in [-0.2, 0) is 10.3 Å². The minimum Gasteiger partial charge on any atom is -0.480 e. The molecule has 0 aliphatic carbocycles. The summed E-state index contributed by atoms with van der Waals surface area (Å²) >= 11 is 12.8. The van der Waals surface area contributed by atoms with E-state index in [-0.39, 0.29) is 17.6 Å². The number of imidazole rings is 1. The van der Waals surface area contributed by atoms with Crippen LogP contribution in [0, 0.1) is 6.92 Å². The second-order valence-corrected chi connectivity index (χ2v) is 11.0. The maximum atomic E-state index is 14.5. The molecule has 9 nitrogen and oxygen atoms in total. The van der Waals surface area contributed by atoms with Gasteiger partial charge in [0.15, 0.2) is 11.2 Å². The molecule has 2 aliphatic rings. The summed E-state index contributed by atoms with van der Waals surface area (Å²) in [6.07, 6.45) is 0. The highest BCUT2D eigenvalue weighted by atomic mass is 35.5. The summed E-state index contributed by atoms with van der Waals surface area (Å²) < 4.78 is 13.1. The fourth-order valence-corrected chi connectivity index (χ4v) is 6.14. The van der Waals surface area contributed by atoms with Crippen molar-refractivity contribution in [3.63, 3.8) is 0 Å². The zero-order valence-electron chi connectivity index (χ0n) is 23.1. The van der Waals surface area contributed by atoms with Gasteiger partial charge in [-0.2, -0.15) is 4.98 Å². The lowest BCUT2D eigenvalue weighted by atomic mass is 9.86. The van der Waals surface area contributed by atoms with Crippen LogP contribution in [0.3, 0.4) is 0 Å². The van der Waals surface area contributed by atoms with Crippen LogP contribution >= 0.6 is 23.2 Å². The SMILES string of the molecule is CCOc1ccc(-c2nc3c(n2C(C)C)C2(C(=O)Nc4cc(Cl)ccc42)N(c2cc(Cl)ccc2C)C3=O)c(OC)n1. The number of hydrogen-bond acceptors (Lipinski definition) is 6. The number of aryl methyl sites for hydroxylation is 1. The van der Waals surface area contributed by atoms with E-state index in [2.05, 4.69) is 10.3 Å². The zero-order chi connectivity index (χ0) is 29.2. The monoisotopic (exact) mass is 591 g/mol. The number of nitrogens with zero attached hydrogens (tertiary/aromatic N) is 4. The van der Waals surface area contributed by atoms with Gasteiger partial charge in [0, 0.05) is 33.4 Å². The normalized spacial score (nSPS) is 17.3. The predicted octanol–water partition coefficient (Wildman–Crippen LogP) is 6.40. The summed E-state index contributed by atoms with van der Waals surface area (Å²) in [5.74, 6) is 0.309. The van der Waals surface area contributed by atoms with Gasteiger partial charge in [0.2, 0.25) is 11.8 Å². The number of ether oxygens (including phenoxy) is 2. The molecule has 1 atom stereocenters. The van der Waals surface area contributed by atoms with Gasteiger partial charge in [-0.15, -0.1) is 0 Å². The number of carbonyl (C=O) groups is 2. The van der Waals surface area contributed by atoms with E-state index in [4.69, 9.17) is 37.7 Å². The first-order chi connectivity index (χ1) is 19.6. The fraction of sp³-hybridized carbons (Fsp3) is 0.267. The molecule has 1 unspecified atom stereocenters. The van der Waals surface area contributed by atoms with Crippen LogP contribution in [0.15, 0.2) is 48.5 Å². The van der Waals surface area contributed by atoms with Gasteiger partial charge < -0.3 is 19.4 Å². The van der Waals surface area contributed by atoms with Crippen molar-refractivity contribution in [1.82, 2.24) is 14.5 Å². The van der Waals surface area contributed by atoms with Crippen molar-refractivity contribution in [2.75, 3.05) is 23.9 Å². The second-order valence-electron chi connectivity index (χ2n) is 10.2. The molecule has 41 heavy (non-hydrogen) atoms. The molecule has 0 bridgehead atoms. The molecule has 0 saturated carbocycles. The minimum absolute atomic E-state index is 0.155. The van der Waals surface area contributed by atoms with E-state index in [1.54, 1.807) is 42.5 Å². The summed E-state index contributed by atoms with van der Waals surface area (Å²) in [7, 11) is 1.51. The molecule has 0 radical (unpaired) electrons. The molecule has 0 saturated heterocycles. The van der Waals surface area contributed by atoms with Gasteiger partial charge in [0.25, 0.3) is 11.8 Å². The largest absolute Gasteiger partial charge is 0.480 e. The van der Waals surface area contributed by atoms with Gasteiger partial charge in [0.1, 0.15) is 5.82 Å². The van der Waals surface area contributed by atoms with Gasteiger partial charge >= 0.3 is 0 Å². The zero-order valence-corrected chi connectivity index (χ0v) is 24.6. The van der Waals surface area contributed by atoms with Gasteiger partial charge in [-0.3, -0.25) is 14.5 Å². The summed E-state index contributed by atoms with van der Waals surface area (Å²) in [6.45, 7) is 8.13. The summed E-state index contributed by atoms with van der Waals surface area (Å²) in [5, 5.41) is 3.87. The number of rotatable bonds is 6. The predicted molar refractivity (Wildman–Crippen MR) is 157 cm³/mol. The highest BCUT2D eigenvalue weighted by Gasteiger charge is 2.64. The summed E-state index contributed by atoms with van der Waals surface area (Å²) in [4.78, 5) is 39.7. The average molecular weight is 592 g/mol. The lowest BCUT2D eigenvalue weighted by molar-refractivity contribution is -0.119. The van der Waals surface area contributed by atoms with Crippen molar-refractivity contribution in [1.29, 1.82) is 0 Å². The molecule has 210 valence electrons. The summed E-state index contributed by atoms with van der Waals surface area (Å²) in [5.41, 5.74) is 1.97. The van der Waals surface area contributed by atoms with E-state index in [0.29, 0.717) is 56.6 Å². The number of amides is 2. The van der Waals surface area contributed by atoms with E-state index in [0.717, 1.165) is 5.56 Å². The number of anilines is 2. The van der Waals surface area contributed by atoms with Gasteiger partial charge in [-0.25, -0.2) is 4.98 Å². The Labute approximate surface area is 247 Å². The Morgan fingerprint density at radius 2 is 1.76 bits per heavy atom. The molecule has 2 aliphatic heterocycles. The Bertz CT molecular complexity index is 1750. The van der Waals surface area contributed by atoms with Crippen molar-refractivity contribution >= 4 is 46.4 Å². The van der Waals surface area contributed by atoms with Crippen molar-refractivity contribution in [2.45, 2.75) is 39.3 Å². The van der Waals surface area contributed by atoms with Crippen LogP contribution in [0.5, 0.6) is 11.8 Å². The number of carbonyl (C=O) groups excluding carboxylic acids is 2. The molecule has 4 heterocycles. The summed E-state index contributed by atoms with van der Waals surface area (Å²) in [6, 6.07) is 13.8. The number of hydrogen-bond donors (Lipinski definition) is 1. The van der Waals surface area contributed by atoms with Crippen molar-refractivity contribution < 1.29 is 19.1 Å². The van der Waals surface area contributed by atoms with E-state index >= 15 is 0 Å². The Morgan fingerprint density at radius 1 is 1.02 bits per heavy atom. The van der Waals surface area contributed by atoms with E-state index < -0.39 is 17.4 Å². The van der Waals surface area contributed by atoms with Crippen molar-refractivity contribution in [3.8, 4) is 23.1 Å². The Morgan fingerprint density at radius 3 is 2.46 bits per heavy atom. The third-order valence-corrected chi connectivity index (χ3v) is 7.90. The standard InChI is InChI=1S/C30H27Cl2N5O4/c1-6-41-23-12-10-19(27(34-23)40-5)26-35-24-25(36(26)15(2)3)30(20-11-9-17(31)13-21(20)33-29(30)39)37(28(24)38)22-14-18(32)8-7-16(22)4/h7-15H,6H2,1-5H3,(H,33,39). The maximum absolute atomic E-state index is 14.5. The lowest BCUT2D eigenvalue weighted by Crippen LogP contribution is -2.51. The van der Waals surface area contributed by atoms with Crippen molar-refractivity contribution in [3.05, 3.63) is 81.1 Å². The van der Waals surface area contributed by atoms with Crippen LogP contribution in [0.2, 0.25) is 10.0 Å². The first-order valence-electron chi connectivity index (χ1n) is 13.2. The third-order valence-electron chi connectivity index (χ3n) is 7.43. The second kappa shape index (κ2) is 9.78. The number of methoxy groups -OCH3 is 1. The molecule has 0 fully saturated rings. The first-order valence-corrected chi connectivity index (χ1v) is 13.9. The number of pyridine rings is 1. The van der Waals surface area contributed by atoms with E-state index in [9.17, 15) is 9.59 Å². The number of aromatic nitrogens is 3. The fourth-order valence-electron chi connectivity index (χ4n) is 5.80. The van der Waals surface area contributed by atoms with E-state index in [1.165, 1.54) is 12.0 Å². The van der Waals surface area contributed by atoms with Crippen LogP contribution < -0.4 is 19.7 Å². The minimum atomic E-state index is -1.58. The quantitative estimate of drug-likeness (QED) is 0.278. The van der Waals surface area contributed by atoms with Crippen molar-refractivity contribution in [2.24, 2.45) is 0 Å². The number of benzene rings is 2. The van der Waals surface area contributed by atoms with Gasteiger partial charge in [-0.1, -0.05) is 35.3 Å². The Kier molecular flexibility index (Phi) is 6.47. The molecule has 2 aromatic heterocycles. The number of fused-ring (bicyclic) bond motifs is 4. The topological polar surface area (TPSA) is 98.6 Å². The Balaban J connectivity index is 1.70. The molecule has 6 rings (SSSR count). The molecule has 4 aromatic rings. The third kappa shape index (κ3) is 3.83. The van der Waals surface area contributed by atoms with Crippen LogP contribution in [0.4, 0.5) is 11.4 Å². The number of halogens is 2. The molecule has 2 aromatic carbocycles. The molecular formula is C30H27Cl2N5O4.